The Morgan fingerprint density at radius 2 is 1.79 bits per heavy atom. The minimum Gasteiger partial charge on any atom is -0.502 e. The number of ether oxygens (including phenoxy) is 5. The molecule has 1 saturated heterocycles. The quantitative estimate of drug-likeness (QED) is 0.815. The van der Waals surface area contributed by atoms with Crippen LogP contribution in [0.3, 0.4) is 0 Å². The molecule has 2 aromatic rings. The van der Waals surface area contributed by atoms with Gasteiger partial charge in [-0.25, -0.2) is 0 Å². The van der Waals surface area contributed by atoms with Gasteiger partial charge in [-0.3, -0.25) is 4.79 Å². The van der Waals surface area contributed by atoms with Gasteiger partial charge >= 0.3 is 5.97 Å². The number of cyclic esters (lactones) is 1. The van der Waals surface area contributed by atoms with Crippen molar-refractivity contribution >= 4 is 5.97 Å². The maximum atomic E-state index is 12.2. The summed E-state index contributed by atoms with van der Waals surface area (Å²) in [6.07, 6.45) is 1.33. The van der Waals surface area contributed by atoms with E-state index < -0.39 is 0 Å². The second kappa shape index (κ2) is 6.22. The molecule has 2 aliphatic heterocycles. The highest BCUT2D eigenvalue weighted by atomic mass is 16.7. The first-order valence-corrected chi connectivity index (χ1v) is 9.17. The van der Waals surface area contributed by atoms with Crippen LogP contribution >= 0.6 is 0 Å². The van der Waals surface area contributed by atoms with Gasteiger partial charge in [0.05, 0.1) is 26.7 Å². The van der Waals surface area contributed by atoms with Gasteiger partial charge < -0.3 is 28.8 Å². The Labute approximate surface area is 161 Å². The fourth-order valence-electron chi connectivity index (χ4n) is 4.45. The van der Waals surface area contributed by atoms with Gasteiger partial charge in [-0.05, 0) is 47.7 Å². The molecule has 0 amide bonds. The first-order valence-electron chi connectivity index (χ1n) is 9.17. The van der Waals surface area contributed by atoms with E-state index in [2.05, 4.69) is 0 Å². The molecular formula is C21H20O7. The fourth-order valence-corrected chi connectivity index (χ4v) is 4.45. The predicted molar refractivity (Wildman–Crippen MR) is 98.1 cm³/mol. The number of methoxy groups -OCH3 is 2. The van der Waals surface area contributed by atoms with E-state index in [0.717, 1.165) is 28.7 Å². The van der Waals surface area contributed by atoms with Crippen LogP contribution in [-0.2, 0) is 22.4 Å². The van der Waals surface area contributed by atoms with Gasteiger partial charge in [0.15, 0.2) is 23.0 Å². The Morgan fingerprint density at radius 1 is 1.04 bits per heavy atom. The number of hydrogen-bond donors (Lipinski definition) is 1. The summed E-state index contributed by atoms with van der Waals surface area (Å²) in [7, 11) is 2.98. The van der Waals surface area contributed by atoms with Crippen molar-refractivity contribution in [3.8, 4) is 39.9 Å². The number of carbonyl (C=O) groups is 1. The van der Waals surface area contributed by atoms with Gasteiger partial charge in [-0.2, -0.15) is 0 Å². The number of phenols is 1. The third-order valence-corrected chi connectivity index (χ3v) is 5.85. The molecule has 7 nitrogen and oxygen atoms in total. The number of carbonyl (C=O) groups excluding carboxylic acids is 1. The Kier molecular flexibility index (Phi) is 3.79. The molecule has 1 fully saturated rings. The standard InChI is InChI=1S/C21H20O7/c1-24-15-5-11(6-16(25-2)19(15)22)18-13-7-14-12(8-26-21(14)23)3-10(13)4-17-20(18)28-9-27-17/h4-6,12,14,22H,3,7-9H2,1-2H3/t12?,14-/m1/s1. The van der Waals surface area contributed by atoms with E-state index in [4.69, 9.17) is 23.7 Å². The molecule has 7 heteroatoms. The molecule has 146 valence electrons. The van der Waals surface area contributed by atoms with Crippen LogP contribution in [-0.4, -0.2) is 38.7 Å². The third-order valence-electron chi connectivity index (χ3n) is 5.85. The fraction of sp³-hybridized carbons (Fsp3) is 0.381. The monoisotopic (exact) mass is 384 g/mol. The van der Waals surface area contributed by atoms with Crippen molar-refractivity contribution in [1.82, 2.24) is 0 Å². The molecule has 2 aromatic carbocycles. The van der Waals surface area contributed by atoms with Gasteiger partial charge in [0.25, 0.3) is 0 Å². The number of hydrogen-bond acceptors (Lipinski definition) is 7. The lowest BCUT2D eigenvalue weighted by Gasteiger charge is -2.27. The van der Waals surface area contributed by atoms with Crippen LogP contribution in [0.4, 0.5) is 0 Å². The molecule has 0 radical (unpaired) electrons. The van der Waals surface area contributed by atoms with Gasteiger partial charge in [0, 0.05) is 11.5 Å². The lowest BCUT2D eigenvalue weighted by molar-refractivity contribution is -0.141. The van der Waals surface area contributed by atoms with E-state index in [1.54, 1.807) is 12.1 Å². The molecular weight excluding hydrogens is 364 g/mol. The molecule has 0 aromatic heterocycles. The Bertz CT molecular complexity index is 956. The average Bonchev–Trinajstić information content (AvgIpc) is 3.31. The average molecular weight is 384 g/mol. The van der Waals surface area contributed by atoms with E-state index in [-0.39, 0.29) is 30.3 Å². The van der Waals surface area contributed by atoms with Crippen LogP contribution in [0, 0.1) is 11.8 Å². The topological polar surface area (TPSA) is 83.5 Å². The summed E-state index contributed by atoms with van der Waals surface area (Å²) in [5.41, 5.74) is 3.79. The van der Waals surface area contributed by atoms with Crippen LogP contribution < -0.4 is 18.9 Å². The van der Waals surface area contributed by atoms with Gasteiger partial charge in [0.2, 0.25) is 12.5 Å². The van der Waals surface area contributed by atoms with Crippen LogP contribution in [0.2, 0.25) is 0 Å². The smallest absolute Gasteiger partial charge is 0.309 e. The molecule has 0 bridgehead atoms. The van der Waals surface area contributed by atoms with E-state index >= 15 is 0 Å². The van der Waals surface area contributed by atoms with Crippen molar-refractivity contribution in [3.63, 3.8) is 0 Å². The molecule has 1 unspecified atom stereocenters. The SMILES string of the molecule is COc1cc(-c2c3c(cc4c2OCO4)CC2COC(=O)[C@@H]2C3)cc(OC)c1O. The number of aromatic hydroxyl groups is 1. The van der Waals surface area contributed by atoms with Gasteiger partial charge in [-0.15, -0.1) is 0 Å². The number of benzene rings is 2. The van der Waals surface area contributed by atoms with Crippen molar-refractivity contribution in [2.45, 2.75) is 12.8 Å². The summed E-state index contributed by atoms with van der Waals surface area (Å²) in [5, 5.41) is 10.3. The van der Waals surface area contributed by atoms with Crippen molar-refractivity contribution in [2.24, 2.45) is 11.8 Å². The predicted octanol–water partition coefficient (Wildman–Crippen LogP) is 2.69. The molecule has 28 heavy (non-hydrogen) atoms. The Morgan fingerprint density at radius 3 is 2.50 bits per heavy atom. The number of rotatable bonds is 3. The minimum atomic E-state index is -0.146. The van der Waals surface area contributed by atoms with Gasteiger partial charge in [-0.1, -0.05) is 0 Å². The zero-order valence-electron chi connectivity index (χ0n) is 15.6. The normalized spacial score (nSPS) is 21.7. The largest absolute Gasteiger partial charge is 0.502 e. The molecule has 1 N–H and O–H groups in total. The molecule has 2 atom stereocenters. The molecule has 0 saturated carbocycles. The summed E-state index contributed by atoms with van der Waals surface area (Å²) in [4.78, 5) is 12.2. The van der Waals surface area contributed by atoms with E-state index in [1.807, 2.05) is 6.07 Å². The van der Waals surface area contributed by atoms with Crippen molar-refractivity contribution in [1.29, 1.82) is 0 Å². The van der Waals surface area contributed by atoms with Crippen molar-refractivity contribution in [3.05, 3.63) is 29.3 Å². The van der Waals surface area contributed by atoms with Crippen LogP contribution in [0.5, 0.6) is 28.7 Å². The summed E-state index contributed by atoms with van der Waals surface area (Å²) in [6.45, 7) is 0.611. The number of phenolic OH excluding ortho intramolecular Hbond substituents is 1. The summed E-state index contributed by atoms with van der Waals surface area (Å²) in [5.74, 6) is 1.76. The van der Waals surface area contributed by atoms with Crippen molar-refractivity contribution in [2.75, 3.05) is 27.6 Å². The van der Waals surface area contributed by atoms with E-state index in [1.165, 1.54) is 14.2 Å². The molecule has 3 aliphatic rings. The van der Waals surface area contributed by atoms with E-state index in [9.17, 15) is 9.90 Å². The zero-order chi connectivity index (χ0) is 19.4. The third kappa shape index (κ3) is 2.38. The Hall–Kier alpha value is -3.09. The second-order valence-corrected chi connectivity index (χ2v) is 7.26. The molecule has 1 aliphatic carbocycles. The van der Waals surface area contributed by atoms with Crippen LogP contribution in [0.25, 0.3) is 11.1 Å². The second-order valence-electron chi connectivity index (χ2n) is 7.26. The first-order chi connectivity index (χ1) is 13.6. The molecule has 0 spiro atoms. The molecule has 2 heterocycles. The lowest BCUT2D eigenvalue weighted by atomic mass is 9.75. The molecule has 5 rings (SSSR count). The van der Waals surface area contributed by atoms with E-state index in [0.29, 0.717) is 36.0 Å². The lowest BCUT2D eigenvalue weighted by Crippen LogP contribution is -2.26. The number of esters is 1. The first kappa shape index (κ1) is 17.0. The highest BCUT2D eigenvalue weighted by Gasteiger charge is 2.42. The maximum absolute atomic E-state index is 12.2. The van der Waals surface area contributed by atoms with Crippen molar-refractivity contribution < 1.29 is 33.6 Å². The summed E-state index contributed by atoms with van der Waals surface area (Å²) in [6, 6.07) is 5.50. The highest BCUT2D eigenvalue weighted by Crippen LogP contribution is 2.51. The highest BCUT2D eigenvalue weighted by molar-refractivity contribution is 5.84. The zero-order valence-corrected chi connectivity index (χ0v) is 15.6. The van der Waals surface area contributed by atoms with Crippen LogP contribution in [0.1, 0.15) is 11.1 Å². The summed E-state index contributed by atoms with van der Waals surface area (Å²) >= 11 is 0. The van der Waals surface area contributed by atoms with Gasteiger partial charge in [0.1, 0.15) is 0 Å². The Balaban J connectivity index is 1.73. The minimum absolute atomic E-state index is 0.0632. The summed E-state index contributed by atoms with van der Waals surface area (Å²) < 4.78 is 27.4. The van der Waals surface area contributed by atoms with Crippen LogP contribution in [0.15, 0.2) is 18.2 Å². The maximum Gasteiger partial charge on any atom is 0.309 e. The number of fused-ring (bicyclic) bond motifs is 3.